The molecule has 6 rings (SSSR count). The molecule has 0 saturated carbocycles. The van der Waals surface area contributed by atoms with Crippen LogP contribution in [0.25, 0.3) is 11.8 Å². The maximum atomic E-state index is 14.1. The number of rotatable bonds is 8. The van der Waals surface area contributed by atoms with E-state index in [1.165, 1.54) is 11.3 Å². The van der Waals surface area contributed by atoms with E-state index < -0.39 is 12.0 Å². The highest BCUT2D eigenvalue weighted by atomic mass is 32.1. The van der Waals surface area contributed by atoms with Crippen LogP contribution in [0, 0.1) is 11.3 Å². The van der Waals surface area contributed by atoms with Crippen LogP contribution in [0.1, 0.15) is 40.8 Å². The summed E-state index contributed by atoms with van der Waals surface area (Å²) >= 11 is 1.28. The van der Waals surface area contributed by atoms with Crippen LogP contribution >= 0.6 is 11.3 Å². The van der Waals surface area contributed by atoms with Crippen LogP contribution in [-0.4, -0.2) is 17.1 Å². The number of nitriles is 1. The molecule has 44 heavy (non-hydrogen) atoms. The van der Waals surface area contributed by atoms with Gasteiger partial charge in [0.1, 0.15) is 12.4 Å². The fourth-order valence-electron chi connectivity index (χ4n) is 5.08. The van der Waals surface area contributed by atoms with E-state index in [0.717, 1.165) is 22.3 Å². The number of thiazole rings is 1. The predicted molar refractivity (Wildman–Crippen MR) is 169 cm³/mol. The molecule has 0 spiro atoms. The quantitative estimate of drug-likeness (QED) is 0.224. The second-order valence-electron chi connectivity index (χ2n) is 10.0. The highest BCUT2D eigenvalue weighted by Crippen LogP contribution is 2.35. The zero-order valence-electron chi connectivity index (χ0n) is 23.8. The normalized spacial score (nSPS) is 14.4. The van der Waals surface area contributed by atoms with Gasteiger partial charge in [-0.1, -0.05) is 96.3 Å². The average Bonchev–Trinajstić information content (AvgIpc) is 3.38. The number of benzene rings is 4. The molecule has 0 N–H and O–H groups in total. The number of hydrogen-bond acceptors (Lipinski definition) is 7. The highest BCUT2D eigenvalue weighted by molar-refractivity contribution is 7.07. The molecule has 0 fully saturated rings. The smallest absolute Gasteiger partial charge is 0.338 e. The number of carbonyl (C=O) groups is 1. The van der Waals surface area contributed by atoms with E-state index in [1.807, 2.05) is 103 Å². The first kappa shape index (κ1) is 28.6. The van der Waals surface area contributed by atoms with Crippen molar-refractivity contribution in [2.75, 3.05) is 6.61 Å². The molecule has 0 unspecified atom stereocenters. The van der Waals surface area contributed by atoms with Crippen LogP contribution in [0.15, 0.2) is 125 Å². The molecule has 0 aliphatic carbocycles. The van der Waals surface area contributed by atoms with E-state index in [-0.39, 0.29) is 12.2 Å². The van der Waals surface area contributed by atoms with Crippen LogP contribution in [0.4, 0.5) is 0 Å². The van der Waals surface area contributed by atoms with Gasteiger partial charge in [0.25, 0.3) is 5.56 Å². The molecule has 216 valence electrons. The number of esters is 1. The van der Waals surface area contributed by atoms with Gasteiger partial charge < -0.3 is 9.47 Å². The predicted octanol–water partition coefficient (Wildman–Crippen LogP) is 5.39. The molecule has 0 bridgehead atoms. The second kappa shape index (κ2) is 12.8. The van der Waals surface area contributed by atoms with Gasteiger partial charge in [0, 0.05) is 5.56 Å². The minimum atomic E-state index is -0.717. The van der Waals surface area contributed by atoms with Crippen LogP contribution in [0.3, 0.4) is 0 Å². The minimum Gasteiger partial charge on any atom is -0.489 e. The zero-order valence-corrected chi connectivity index (χ0v) is 24.7. The van der Waals surface area contributed by atoms with Crippen molar-refractivity contribution in [1.82, 2.24) is 4.57 Å². The monoisotopic (exact) mass is 597 g/mol. The number of fused-ring (bicyclic) bond motifs is 1. The van der Waals surface area contributed by atoms with E-state index in [9.17, 15) is 9.59 Å². The van der Waals surface area contributed by atoms with Crippen molar-refractivity contribution in [1.29, 1.82) is 5.26 Å². The first-order chi connectivity index (χ1) is 21.6. The van der Waals surface area contributed by atoms with Crippen molar-refractivity contribution < 1.29 is 14.3 Å². The number of nitrogens with zero attached hydrogens (tertiary/aromatic N) is 3. The Morgan fingerprint density at radius 2 is 1.70 bits per heavy atom. The number of aromatic nitrogens is 1. The molecule has 2 heterocycles. The summed E-state index contributed by atoms with van der Waals surface area (Å²) in [6.07, 6.45) is 1.82. The lowest BCUT2D eigenvalue weighted by Gasteiger charge is -2.25. The molecule has 1 atom stereocenters. The maximum absolute atomic E-state index is 14.1. The van der Waals surface area contributed by atoms with Crippen molar-refractivity contribution >= 4 is 29.1 Å². The summed E-state index contributed by atoms with van der Waals surface area (Å²) in [4.78, 5) is 33.0. The number of hydrogen-bond donors (Lipinski definition) is 0. The molecule has 4 aromatic carbocycles. The van der Waals surface area contributed by atoms with E-state index in [2.05, 4.69) is 6.07 Å². The van der Waals surface area contributed by atoms with Gasteiger partial charge in [0.05, 0.1) is 40.1 Å². The number of carbonyl (C=O) groups excluding carboxylic acids is 1. The lowest BCUT2D eigenvalue weighted by atomic mass is 9.93. The van der Waals surface area contributed by atoms with Gasteiger partial charge in [-0.25, -0.2) is 9.79 Å². The van der Waals surface area contributed by atoms with E-state index in [4.69, 9.17) is 19.7 Å². The zero-order chi connectivity index (χ0) is 30.5. The molecule has 0 amide bonds. The molecule has 0 saturated heterocycles. The molecule has 5 aromatic rings. The third-order valence-corrected chi connectivity index (χ3v) is 8.12. The van der Waals surface area contributed by atoms with Crippen LogP contribution in [0.2, 0.25) is 0 Å². The Bertz CT molecular complexity index is 2070. The summed E-state index contributed by atoms with van der Waals surface area (Å²) in [5.41, 5.74) is 4.43. The Balaban J connectivity index is 1.44. The molecular weight excluding hydrogens is 570 g/mol. The van der Waals surface area contributed by atoms with Gasteiger partial charge in [0.15, 0.2) is 4.80 Å². The van der Waals surface area contributed by atoms with Gasteiger partial charge in [-0.05, 0) is 54.0 Å². The van der Waals surface area contributed by atoms with Crippen molar-refractivity contribution in [3.63, 3.8) is 0 Å². The summed E-state index contributed by atoms with van der Waals surface area (Å²) in [7, 11) is 0. The van der Waals surface area contributed by atoms with Crippen LogP contribution < -0.4 is 19.6 Å². The summed E-state index contributed by atoms with van der Waals surface area (Å²) in [5.74, 6) is 0.138. The first-order valence-electron chi connectivity index (χ1n) is 14.1. The summed E-state index contributed by atoms with van der Waals surface area (Å²) in [5, 5.41) is 9.02. The summed E-state index contributed by atoms with van der Waals surface area (Å²) in [6, 6.07) is 35.1. The Morgan fingerprint density at radius 1 is 0.977 bits per heavy atom. The lowest BCUT2D eigenvalue weighted by molar-refractivity contribution is -0.138. The molecule has 1 aliphatic rings. The molecule has 1 aliphatic heterocycles. The van der Waals surface area contributed by atoms with E-state index >= 15 is 0 Å². The van der Waals surface area contributed by atoms with Crippen molar-refractivity contribution in [2.24, 2.45) is 4.99 Å². The molecule has 1 aromatic heterocycles. The second-order valence-corrected chi connectivity index (χ2v) is 11.0. The minimum absolute atomic E-state index is 0.194. The van der Waals surface area contributed by atoms with E-state index in [1.54, 1.807) is 23.6 Å². The van der Waals surface area contributed by atoms with Gasteiger partial charge in [-0.3, -0.25) is 9.36 Å². The fraction of sp³-hybridized carbons (Fsp3) is 0.111. The Hall–Kier alpha value is -5.52. The van der Waals surface area contributed by atoms with Crippen molar-refractivity contribution in [2.45, 2.75) is 19.6 Å². The molecule has 8 heteroatoms. The van der Waals surface area contributed by atoms with Crippen molar-refractivity contribution in [3.8, 4) is 11.8 Å². The topological polar surface area (TPSA) is 93.7 Å². The van der Waals surface area contributed by atoms with E-state index in [0.29, 0.717) is 38.5 Å². The van der Waals surface area contributed by atoms with Gasteiger partial charge in [0.2, 0.25) is 0 Å². The van der Waals surface area contributed by atoms with Crippen LogP contribution in [-0.2, 0) is 16.1 Å². The summed E-state index contributed by atoms with van der Waals surface area (Å²) in [6.45, 7) is 2.29. The lowest BCUT2D eigenvalue weighted by Crippen LogP contribution is -2.39. The Morgan fingerprint density at radius 3 is 2.41 bits per heavy atom. The molecule has 0 radical (unpaired) electrons. The maximum Gasteiger partial charge on any atom is 0.338 e. The molecular formula is C36H27N3O4S. The Labute approximate surface area is 257 Å². The summed E-state index contributed by atoms with van der Waals surface area (Å²) < 4.78 is 13.6. The van der Waals surface area contributed by atoms with Crippen molar-refractivity contribution in [3.05, 3.63) is 162 Å². The SMILES string of the molecule is CCOC(=O)C1=C(c2ccccc2)N=c2s/c(=C\c3cccc(OCc4ccc(C#N)cc4)c3)c(=O)n2[C@H]1c1ccccc1. The fourth-order valence-corrected chi connectivity index (χ4v) is 6.08. The standard InChI is InChI=1S/C36H27N3O4S/c1-2-42-35(41)31-32(27-11-5-3-6-12-27)38-36-39(33(31)28-13-7-4-8-14-28)34(40)30(44-36)21-26-10-9-15-29(20-26)43-23-25-18-16-24(22-37)17-19-25/h3-21,33H,2,23H2,1H3/b30-21-/t33-/m0/s1. The van der Waals surface area contributed by atoms with Gasteiger partial charge >= 0.3 is 5.97 Å². The average molecular weight is 598 g/mol. The highest BCUT2D eigenvalue weighted by Gasteiger charge is 2.35. The number of ether oxygens (including phenoxy) is 2. The molecule has 7 nitrogen and oxygen atoms in total. The Kier molecular flexibility index (Phi) is 8.30. The first-order valence-corrected chi connectivity index (χ1v) is 14.9. The van der Waals surface area contributed by atoms with Crippen LogP contribution in [0.5, 0.6) is 5.75 Å². The third kappa shape index (κ3) is 5.87. The van der Waals surface area contributed by atoms with Gasteiger partial charge in [-0.15, -0.1) is 0 Å². The third-order valence-electron chi connectivity index (χ3n) is 7.13. The largest absolute Gasteiger partial charge is 0.489 e. The van der Waals surface area contributed by atoms with Gasteiger partial charge in [-0.2, -0.15) is 5.26 Å².